The highest BCUT2D eigenvalue weighted by Crippen LogP contribution is 2.26. The minimum absolute atomic E-state index is 0.254. The molecule has 0 aliphatic heterocycles. The summed E-state index contributed by atoms with van der Waals surface area (Å²) in [6, 6.07) is 5.41. The van der Waals surface area contributed by atoms with Crippen LogP contribution in [0, 0.1) is 0 Å². The highest BCUT2D eigenvalue weighted by atomic mass is 32.1. The molecule has 3 amide bonds. The molecular weight excluding hydrogens is 418 g/mol. The van der Waals surface area contributed by atoms with Crippen LogP contribution in [0.2, 0.25) is 0 Å². The smallest absolute Gasteiger partial charge is 0.270 e. The Labute approximate surface area is 186 Å². The Morgan fingerprint density at radius 2 is 1.90 bits per heavy atom. The number of ether oxygens (including phenoxy) is 1. The predicted octanol–water partition coefficient (Wildman–Crippen LogP) is 2.82. The second kappa shape index (κ2) is 11.4. The molecule has 0 spiro atoms. The number of anilines is 2. The second-order valence-electron chi connectivity index (χ2n) is 7.35. The molecule has 2 aromatic rings. The van der Waals surface area contributed by atoms with E-state index in [1.165, 1.54) is 24.5 Å². The number of hydrogen-bond donors (Lipinski definition) is 3. The zero-order valence-corrected chi connectivity index (χ0v) is 19.2. The van der Waals surface area contributed by atoms with E-state index in [9.17, 15) is 14.4 Å². The largest absolute Gasteiger partial charge is 0.495 e. The number of rotatable bonds is 11. The highest BCUT2D eigenvalue weighted by molar-refractivity contribution is 7.14. The van der Waals surface area contributed by atoms with E-state index in [0.29, 0.717) is 47.2 Å². The Morgan fingerprint density at radius 3 is 2.52 bits per heavy atom. The number of methoxy groups -OCH3 is 1. The van der Waals surface area contributed by atoms with E-state index < -0.39 is 5.91 Å². The molecular formula is C21H29N5O4S. The van der Waals surface area contributed by atoms with Crippen molar-refractivity contribution in [2.24, 2.45) is 0 Å². The summed E-state index contributed by atoms with van der Waals surface area (Å²) >= 11 is 1.17. The molecule has 0 aliphatic rings. The number of carbonyl (C=O) groups excluding carboxylic acids is 3. The standard InChI is InChI=1S/C21H29N5O4S/c1-13(2)26(14(3)4)9-8-22-20(29)17-11-31-21(24-17)25-19(28)15-6-7-16(23-12-27)18(10-15)30-5/h6-7,10-14H,8-9H2,1-5H3,(H,22,29)(H,23,27)(H,24,25,28). The quantitative estimate of drug-likeness (QED) is 0.457. The molecule has 0 bridgehead atoms. The lowest BCUT2D eigenvalue weighted by Gasteiger charge is -2.30. The van der Waals surface area contributed by atoms with Crippen molar-refractivity contribution >= 4 is 40.4 Å². The van der Waals surface area contributed by atoms with Crippen molar-refractivity contribution in [3.05, 3.63) is 34.8 Å². The van der Waals surface area contributed by atoms with E-state index in [1.54, 1.807) is 17.5 Å². The van der Waals surface area contributed by atoms with Gasteiger partial charge in [0.1, 0.15) is 11.4 Å². The van der Waals surface area contributed by atoms with Gasteiger partial charge in [-0.2, -0.15) is 0 Å². The fraction of sp³-hybridized carbons (Fsp3) is 0.429. The van der Waals surface area contributed by atoms with Crippen LogP contribution in [-0.2, 0) is 4.79 Å². The first kappa shape index (κ1) is 24.3. The summed E-state index contributed by atoms with van der Waals surface area (Å²) in [7, 11) is 1.44. The fourth-order valence-corrected chi connectivity index (χ4v) is 3.81. The van der Waals surface area contributed by atoms with E-state index in [1.807, 2.05) is 0 Å². The number of hydrogen-bond acceptors (Lipinski definition) is 7. The summed E-state index contributed by atoms with van der Waals surface area (Å²) in [5.41, 5.74) is 1.04. The third kappa shape index (κ3) is 6.76. The number of aromatic nitrogens is 1. The van der Waals surface area contributed by atoms with E-state index in [0.717, 1.165) is 6.54 Å². The average Bonchev–Trinajstić information content (AvgIpc) is 3.19. The van der Waals surface area contributed by atoms with Gasteiger partial charge in [0.05, 0.1) is 12.8 Å². The van der Waals surface area contributed by atoms with Gasteiger partial charge in [-0.1, -0.05) is 0 Å². The van der Waals surface area contributed by atoms with Gasteiger partial charge < -0.3 is 15.4 Å². The van der Waals surface area contributed by atoms with Crippen molar-refractivity contribution in [1.82, 2.24) is 15.2 Å². The van der Waals surface area contributed by atoms with Crippen LogP contribution in [-0.4, -0.2) is 60.4 Å². The van der Waals surface area contributed by atoms with Crippen molar-refractivity contribution in [3.8, 4) is 5.75 Å². The zero-order chi connectivity index (χ0) is 23.0. The van der Waals surface area contributed by atoms with Crippen LogP contribution >= 0.6 is 11.3 Å². The number of nitrogens with one attached hydrogen (secondary N) is 3. The molecule has 0 saturated carbocycles. The average molecular weight is 448 g/mol. The van der Waals surface area contributed by atoms with Crippen molar-refractivity contribution in [3.63, 3.8) is 0 Å². The normalized spacial score (nSPS) is 11.0. The third-order valence-electron chi connectivity index (χ3n) is 4.62. The lowest BCUT2D eigenvalue weighted by molar-refractivity contribution is -0.105. The van der Waals surface area contributed by atoms with Crippen molar-refractivity contribution in [2.45, 2.75) is 39.8 Å². The minimum atomic E-state index is -0.401. The monoisotopic (exact) mass is 447 g/mol. The number of carbonyl (C=O) groups is 3. The number of thiazole rings is 1. The summed E-state index contributed by atoms with van der Waals surface area (Å²) in [5.74, 6) is -0.326. The summed E-state index contributed by atoms with van der Waals surface area (Å²) in [4.78, 5) is 42.0. The summed E-state index contributed by atoms with van der Waals surface area (Å²) in [6.45, 7) is 9.75. The molecule has 0 aliphatic carbocycles. The molecule has 0 fully saturated rings. The number of amides is 3. The van der Waals surface area contributed by atoms with Gasteiger partial charge in [0.15, 0.2) is 5.13 Å². The molecule has 10 heteroatoms. The minimum Gasteiger partial charge on any atom is -0.495 e. The summed E-state index contributed by atoms with van der Waals surface area (Å²) in [5, 5.41) is 9.96. The molecule has 3 N–H and O–H groups in total. The molecule has 168 valence electrons. The van der Waals surface area contributed by atoms with E-state index in [-0.39, 0.29) is 11.6 Å². The van der Waals surface area contributed by atoms with Crippen LogP contribution in [0.25, 0.3) is 0 Å². The fourth-order valence-electron chi connectivity index (χ4n) is 3.12. The molecule has 2 rings (SSSR count). The molecule has 0 radical (unpaired) electrons. The second-order valence-corrected chi connectivity index (χ2v) is 8.21. The van der Waals surface area contributed by atoms with Gasteiger partial charge in [0.2, 0.25) is 6.41 Å². The number of nitrogens with zero attached hydrogens (tertiary/aromatic N) is 2. The Morgan fingerprint density at radius 1 is 1.19 bits per heavy atom. The van der Waals surface area contributed by atoms with E-state index >= 15 is 0 Å². The zero-order valence-electron chi connectivity index (χ0n) is 18.4. The van der Waals surface area contributed by atoms with E-state index in [2.05, 4.69) is 53.5 Å². The molecule has 31 heavy (non-hydrogen) atoms. The van der Waals surface area contributed by atoms with Gasteiger partial charge in [0, 0.05) is 36.1 Å². The molecule has 0 saturated heterocycles. The van der Waals surface area contributed by atoms with Crippen LogP contribution in [0.3, 0.4) is 0 Å². The van der Waals surface area contributed by atoms with Crippen molar-refractivity contribution in [1.29, 1.82) is 0 Å². The maximum atomic E-state index is 12.5. The van der Waals surface area contributed by atoms with Gasteiger partial charge >= 0.3 is 0 Å². The lowest BCUT2D eigenvalue weighted by Crippen LogP contribution is -2.42. The van der Waals surface area contributed by atoms with Gasteiger partial charge in [-0.05, 0) is 45.9 Å². The third-order valence-corrected chi connectivity index (χ3v) is 5.38. The molecule has 1 aromatic carbocycles. The molecule has 0 atom stereocenters. The van der Waals surface area contributed by atoms with E-state index in [4.69, 9.17) is 4.74 Å². The SMILES string of the molecule is COc1cc(C(=O)Nc2nc(C(=O)NCCN(C(C)C)C(C)C)cs2)ccc1NC=O. The van der Waals surface area contributed by atoms with Crippen molar-refractivity contribution < 1.29 is 19.1 Å². The molecule has 1 aromatic heterocycles. The Bertz CT molecular complexity index is 905. The van der Waals surface area contributed by atoms with Crippen LogP contribution in [0.15, 0.2) is 23.6 Å². The first-order chi connectivity index (χ1) is 14.8. The van der Waals surface area contributed by atoms with Crippen LogP contribution in [0.5, 0.6) is 5.75 Å². The van der Waals surface area contributed by atoms with Gasteiger partial charge in [-0.3, -0.25) is 24.6 Å². The van der Waals surface area contributed by atoms with Crippen LogP contribution in [0.1, 0.15) is 48.5 Å². The Balaban J connectivity index is 1.95. The van der Waals surface area contributed by atoms with Gasteiger partial charge in [0.25, 0.3) is 11.8 Å². The Kier molecular flexibility index (Phi) is 8.95. The Hall–Kier alpha value is -2.98. The maximum absolute atomic E-state index is 12.5. The van der Waals surface area contributed by atoms with Crippen LogP contribution < -0.4 is 20.7 Å². The predicted molar refractivity (Wildman–Crippen MR) is 122 cm³/mol. The highest BCUT2D eigenvalue weighted by Gasteiger charge is 2.16. The molecule has 0 unspecified atom stereocenters. The summed E-state index contributed by atoms with van der Waals surface area (Å²) in [6.07, 6.45) is 0.531. The maximum Gasteiger partial charge on any atom is 0.270 e. The molecule has 9 nitrogen and oxygen atoms in total. The van der Waals surface area contributed by atoms with Gasteiger partial charge in [-0.25, -0.2) is 4.98 Å². The lowest BCUT2D eigenvalue weighted by atomic mass is 10.1. The number of benzene rings is 1. The first-order valence-electron chi connectivity index (χ1n) is 9.95. The molecule has 1 heterocycles. The van der Waals surface area contributed by atoms with Gasteiger partial charge in [-0.15, -0.1) is 11.3 Å². The topological polar surface area (TPSA) is 113 Å². The van der Waals surface area contributed by atoms with Crippen LogP contribution in [0.4, 0.5) is 10.8 Å². The first-order valence-corrected chi connectivity index (χ1v) is 10.8. The van der Waals surface area contributed by atoms with Crippen molar-refractivity contribution in [2.75, 3.05) is 30.8 Å². The summed E-state index contributed by atoms with van der Waals surface area (Å²) < 4.78 is 5.19.